The molecule has 86 valence electrons. The van der Waals surface area contributed by atoms with E-state index in [1.807, 2.05) is 0 Å². The van der Waals surface area contributed by atoms with Gasteiger partial charge in [0.05, 0.1) is 6.61 Å². The van der Waals surface area contributed by atoms with E-state index in [4.69, 9.17) is 19.3 Å². The average Bonchev–Trinajstić information content (AvgIpc) is 2.22. The van der Waals surface area contributed by atoms with E-state index in [9.17, 15) is 0 Å². The Hall–Kier alpha value is -0.160. The summed E-state index contributed by atoms with van der Waals surface area (Å²) in [6.45, 7) is 4.17. The van der Waals surface area contributed by atoms with Crippen molar-refractivity contribution in [2.45, 2.75) is 32.5 Å². The summed E-state index contributed by atoms with van der Waals surface area (Å²) in [5.74, 6) is 0. The molecular weight excluding hydrogens is 184 g/mol. The SMILES string of the molecule is CCCOC(CCOCCCO)OC. The fourth-order valence-electron chi connectivity index (χ4n) is 0.967. The second-order valence-corrected chi connectivity index (χ2v) is 3.01. The number of methoxy groups -OCH3 is 1. The predicted molar refractivity (Wildman–Crippen MR) is 54.2 cm³/mol. The van der Waals surface area contributed by atoms with Crippen molar-refractivity contribution in [3.8, 4) is 0 Å². The van der Waals surface area contributed by atoms with Crippen LogP contribution in [0, 0.1) is 0 Å². The minimum absolute atomic E-state index is 0.163. The largest absolute Gasteiger partial charge is 0.396 e. The summed E-state index contributed by atoms with van der Waals surface area (Å²) in [5, 5.41) is 8.51. The molecule has 1 N–H and O–H groups in total. The highest BCUT2D eigenvalue weighted by Crippen LogP contribution is 2.00. The zero-order valence-corrected chi connectivity index (χ0v) is 9.20. The Morgan fingerprint density at radius 1 is 1.21 bits per heavy atom. The molecule has 0 bridgehead atoms. The summed E-state index contributed by atoms with van der Waals surface area (Å²) in [6, 6.07) is 0. The van der Waals surface area contributed by atoms with Gasteiger partial charge in [-0.05, 0) is 12.8 Å². The summed E-state index contributed by atoms with van der Waals surface area (Å²) in [5.41, 5.74) is 0. The first-order valence-electron chi connectivity index (χ1n) is 5.18. The molecule has 0 radical (unpaired) electrons. The lowest BCUT2D eigenvalue weighted by atomic mass is 10.4. The van der Waals surface area contributed by atoms with E-state index in [0.717, 1.165) is 19.4 Å². The summed E-state index contributed by atoms with van der Waals surface area (Å²) < 4.78 is 15.8. The van der Waals surface area contributed by atoms with Crippen LogP contribution in [-0.2, 0) is 14.2 Å². The van der Waals surface area contributed by atoms with E-state index >= 15 is 0 Å². The maximum atomic E-state index is 8.51. The Labute approximate surface area is 86.2 Å². The Kier molecular flexibility index (Phi) is 10.8. The van der Waals surface area contributed by atoms with Gasteiger partial charge in [-0.1, -0.05) is 6.92 Å². The van der Waals surface area contributed by atoms with Gasteiger partial charge in [0.25, 0.3) is 0 Å². The zero-order valence-electron chi connectivity index (χ0n) is 9.20. The van der Waals surface area contributed by atoms with Crippen LogP contribution in [0.5, 0.6) is 0 Å². The molecule has 0 aromatic carbocycles. The fraction of sp³-hybridized carbons (Fsp3) is 1.00. The molecular formula is C10H22O4. The van der Waals surface area contributed by atoms with E-state index in [0.29, 0.717) is 19.6 Å². The molecule has 0 aliphatic carbocycles. The molecule has 0 saturated heterocycles. The Morgan fingerprint density at radius 2 is 2.00 bits per heavy atom. The topological polar surface area (TPSA) is 47.9 Å². The van der Waals surface area contributed by atoms with Gasteiger partial charge in [0.2, 0.25) is 0 Å². The lowest BCUT2D eigenvalue weighted by molar-refractivity contribution is -0.135. The molecule has 14 heavy (non-hydrogen) atoms. The number of ether oxygens (including phenoxy) is 3. The molecule has 0 spiro atoms. The number of rotatable bonds is 10. The first-order chi connectivity index (χ1) is 6.85. The van der Waals surface area contributed by atoms with Crippen LogP contribution in [-0.4, -0.2) is 44.9 Å². The van der Waals surface area contributed by atoms with Crippen LogP contribution in [0.2, 0.25) is 0 Å². The standard InChI is InChI=1S/C10H22O4/c1-3-7-14-10(12-2)5-9-13-8-4-6-11/h10-11H,3-9H2,1-2H3. The van der Waals surface area contributed by atoms with Crippen molar-refractivity contribution in [3.63, 3.8) is 0 Å². The number of aliphatic hydroxyl groups excluding tert-OH is 1. The van der Waals surface area contributed by atoms with Crippen LogP contribution in [0.3, 0.4) is 0 Å². The van der Waals surface area contributed by atoms with E-state index in [1.54, 1.807) is 7.11 Å². The van der Waals surface area contributed by atoms with E-state index in [2.05, 4.69) is 6.92 Å². The fourth-order valence-corrected chi connectivity index (χ4v) is 0.967. The lowest BCUT2D eigenvalue weighted by Crippen LogP contribution is -2.18. The van der Waals surface area contributed by atoms with E-state index in [1.165, 1.54) is 0 Å². The van der Waals surface area contributed by atoms with Gasteiger partial charge < -0.3 is 19.3 Å². The summed E-state index contributed by atoms with van der Waals surface area (Å²) in [6.07, 6.45) is 2.25. The van der Waals surface area contributed by atoms with E-state index < -0.39 is 0 Å². The third-order valence-corrected chi connectivity index (χ3v) is 1.72. The Bertz CT molecular complexity index is 108. The molecule has 0 fully saturated rings. The molecule has 4 nitrogen and oxygen atoms in total. The molecule has 1 unspecified atom stereocenters. The predicted octanol–water partition coefficient (Wildman–Crippen LogP) is 1.17. The summed E-state index contributed by atoms with van der Waals surface area (Å²) in [4.78, 5) is 0. The second kappa shape index (κ2) is 10.9. The molecule has 4 heteroatoms. The first-order valence-corrected chi connectivity index (χ1v) is 5.18. The minimum Gasteiger partial charge on any atom is -0.396 e. The molecule has 0 amide bonds. The van der Waals surface area contributed by atoms with Gasteiger partial charge in [0.1, 0.15) is 0 Å². The molecule has 0 aliphatic rings. The molecule has 0 rings (SSSR count). The van der Waals surface area contributed by atoms with Crippen LogP contribution >= 0.6 is 0 Å². The van der Waals surface area contributed by atoms with Crippen LogP contribution in [0.15, 0.2) is 0 Å². The normalized spacial score (nSPS) is 13.1. The van der Waals surface area contributed by atoms with Crippen LogP contribution < -0.4 is 0 Å². The average molecular weight is 206 g/mol. The highest BCUT2D eigenvalue weighted by Gasteiger charge is 2.05. The van der Waals surface area contributed by atoms with Crippen LogP contribution in [0.25, 0.3) is 0 Å². The number of hydrogen-bond donors (Lipinski definition) is 1. The van der Waals surface area contributed by atoms with Crippen LogP contribution in [0.4, 0.5) is 0 Å². The maximum Gasteiger partial charge on any atom is 0.159 e. The minimum atomic E-state index is -0.163. The number of aliphatic hydroxyl groups is 1. The third kappa shape index (κ3) is 8.44. The van der Waals surface area contributed by atoms with Crippen molar-refractivity contribution >= 4 is 0 Å². The lowest BCUT2D eigenvalue weighted by Gasteiger charge is -2.15. The van der Waals surface area contributed by atoms with Crippen molar-refractivity contribution in [2.24, 2.45) is 0 Å². The van der Waals surface area contributed by atoms with Crippen molar-refractivity contribution in [3.05, 3.63) is 0 Å². The summed E-state index contributed by atoms with van der Waals surface area (Å²) in [7, 11) is 1.63. The van der Waals surface area contributed by atoms with Gasteiger partial charge in [-0.3, -0.25) is 0 Å². The number of hydrogen-bond acceptors (Lipinski definition) is 4. The second-order valence-electron chi connectivity index (χ2n) is 3.01. The monoisotopic (exact) mass is 206 g/mol. The molecule has 1 atom stereocenters. The van der Waals surface area contributed by atoms with Crippen molar-refractivity contribution in [1.29, 1.82) is 0 Å². The van der Waals surface area contributed by atoms with Gasteiger partial charge in [0, 0.05) is 33.4 Å². The van der Waals surface area contributed by atoms with Gasteiger partial charge in [-0.25, -0.2) is 0 Å². The maximum absolute atomic E-state index is 8.51. The van der Waals surface area contributed by atoms with Crippen molar-refractivity contribution in [2.75, 3.05) is 33.5 Å². The van der Waals surface area contributed by atoms with E-state index in [-0.39, 0.29) is 12.9 Å². The molecule has 0 aromatic rings. The smallest absolute Gasteiger partial charge is 0.159 e. The quantitative estimate of drug-likeness (QED) is 0.430. The molecule has 0 heterocycles. The van der Waals surface area contributed by atoms with Crippen molar-refractivity contribution in [1.82, 2.24) is 0 Å². The molecule has 0 saturated carbocycles. The van der Waals surface area contributed by atoms with Crippen LogP contribution in [0.1, 0.15) is 26.2 Å². The zero-order chi connectivity index (χ0) is 10.6. The van der Waals surface area contributed by atoms with Gasteiger partial charge in [-0.2, -0.15) is 0 Å². The Morgan fingerprint density at radius 3 is 2.57 bits per heavy atom. The third-order valence-electron chi connectivity index (χ3n) is 1.72. The summed E-state index contributed by atoms with van der Waals surface area (Å²) >= 11 is 0. The highest BCUT2D eigenvalue weighted by molar-refractivity contribution is 4.44. The van der Waals surface area contributed by atoms with Gasteiger partial charge in [-0.15, -0.1) is 0 Å². The molecule has 0 aliphatic heterocycles. The van der Waals surface area contributed by atoms with Crippen molar-refractivity contribution < 1.29 is 19.3 Å². The molecule has 0 aromatic heterocycles. The first kappa shape index (κ1) is 13.8. The van der Waals surface area contributed by atoms with Gasteiger partial charge in [0.15, 0.2) is 6.29 Å². The van der Waals surface area contributed by atoms with Gasteiger partial charge >= 0.3 is 0 Å². The Balaban J connectivity index is 3.24. The highest BCUT2D eigenvalue weighted by atomic mass is 16.7.